The standard InChI is InChI=1S/C23H30F2N4OS.HI/c1-26-23(27-14-18-6-7-21(25)13-19(18)16-31-2)28-15-22(29-8-10-30-11-9-29)17-4-3-5-20(24)12-17;/h3-7,12-13,22H,8-11,14-16H2,1-2H3,(H2,26,27,28);1H. The Morgan fingerprint density at radius 1 is 1.09 bits per heavy atom. The van der Waals surface area contributed by atoms with E-state index in [2.05, 4.69) is 20.5 Å². The summed E-state index contributed by atoms with van der Waals surface area (Å²) in [6.07, 6.45) is 2.00. The van der Waals surface area contributed by atoms with Gasteiger partial charge in [-0.2, -0.15) is 11.8 Å². The molecule has 2 N–H and O–H groups in total. The van der Waals surface area contributed by atoms with Crippen molar-refractivity contribution < 1.29 is 13.5 Å². The quantitative estimate of drug-likeness (QED) is 0.281. The summed E-state index contributed by atoms with van der Waals surface area (Å²) in [5.74, 6) is 0.934. The number of hydrogen-bond donors (Lipinski definition) is 2. The predicted octanol–water partition coefficient (Wildman–Crippen LogP) is 4.18. The number of ether oxygens (including phenoxy) is 1. The summed E-state index contributed by atoms with van der Waals surface area (Å²) in [5.41, 5.74) is 2.93. The topological polar surface area (TPSA) is 48.9 Å². The Morgan fingerprint density at radius 2 is 1.84 bits per heavy atom. The highest BCUT2D eigenvalue weighted by atomic mass is 127. The molecule has 0 aromatic heterocycles. The van der Waals surface area contributed by atoms with Gasteiger partial charge in [-0.15, -0.1) is 24.0 Å². The number of rotatable bonds is 8. The molecule has 0 aliphatic carbocycles. The second-order valence-electron chi connectivity index (χ2n) is 7.37. The van der Waals surface area contributed by atoms with Crippen LogP contribution in [-0.4, -0.2) is 57.0 Å². The summed E-state index contributed by atoms with van der Waals surface area (Å²) in [5, 5.41) is 6.69. The van der Waals surface area contributed by atoms with Crippen LogP contribution < -0.4 is 10.6 Å². The van der Waals surface area contributed by atoms with Crippen LogP contribution in [0.4, 0.5) is 8.78 Å². The summed E-state index contributed by atoms with van der Waals surface area (Å²) in [6, 6.07) is 11.6. The molecule has 1 unspecified atom stereocenters. The summed E-state index contributed by atoms with van der Waals surface area (Å²) in [6.45, 7) is 4.04. The van der Waals surface area contributed by atoms with E-state index in [-0.39, 0.29) is 41.7 Å². The van der Waals surface area contributed by atoms with Gasteiger partial charge < -0.3 is 15.4 Å². The third-order valence-electron chi connectivity index (χ3n) is 5.32. The van der Waals surface area contributed by atoms with E-state index in [0.29, 0.717) is 32.3 Å². The Kier molecular flexibility index (Phi) is 11.7. The van der Waals surface area contributed by atoms with Crippen LogP contribution in [0.3, 0.4) is 0 Å². The van der Waals surface area contributed by atoms with E-state index < -0.39 is 0 Å². The van der Waals surface area contributed by atoms with Gasteiger partial charge in [0.2, 0.25) is 0 Å². The van der Waals surface area contributed by atoms with Gasteiger partial charge in [0.15, 0.2) is 5.96 Å². The van der Waals surface area contributed by atoms with Crippen molar-refractivity contribution in [1.29, 1.82) is 0 Å². The molecule has 2 aromatic rings. The minimum absolute atomic E-state index is 0. The number of hydrogen-bond acceptors (Lipinski definition) is 4. The molecule has 1 saturated heterocycles. The van der Waals surface area contributed by atoms with Crippen LogP contribution in [0.2, 0.25) is 0 Å². The van der Waals surface area contributed by atoms with Crippen molar-refractivity contribution in [3.8, 4) is 0 Å². The molecule has 1 heterocycles. The average molecular weight is 576 g/mol. The number of halogens is 3. The van der Waals surface area contributed by atoms with Gasteiger partial charge in [-0.05, 0) is 47.2 Å². The number of aliphatic imine (C=N–C) groups is 1. The van der Waals surface area contributed by atoms with Crippen molar-refractivity contribution in [1.82, 2.24) is 15.5 Å². The third-order valence-corrected chi connectivity index (χ3v) is 5.92. The molecule has 0 radical (unpaired) electrons. The van der Waals surface area contributed by atoms with Crippen LogP contribution in [0.5, 0.6) is 0 Å². The van der Waals surface area contributed by atoms with Crippen molar-refractivity contribution >= 4 is 41.7 Å². The van der Waals surface area contributed by atoms with Crippen LogP contribution in [0.25, 0.3) is 0 Å². The second-order valence-corrected chi connectivity index (χ2v) is 8.24. The predicted molar refractivity (Wildman–Crippen MR) is 139 cm³/mol. The third kappa shape index (κ3) is 7.86. The van der Waals surface area contributed by atoms with E-state index in [1.807, 2.05) is 18.4 Å². The van der Waals surface area contributed by atoms with E-state index in [1.54, 1.807) is 37.0 Å². The first kappa shape index (κ1) is 26.8. The fourth-order valence-corrected chi connectivity index (χ4v) is 4.29. The summed E-state index contributed by atoms with van der Waals surface area (Å²) >= 11 is 1.66. The highest BCUT2D eigenvalue weighted by Crippen LogP contribution is 2.22. The van der Waals surface area contributed by atoms with E-state index in [9.17, 15) is 8.78 Å². The van der Waals surface area contributed by atoms with E-state index in [1.165, 1.54) is 12.1 Å². The summed E-state index contributed by atoms with van der Waals surface area (Å²) in [4.78, 5) is 6.62. The molecule has 1 aliphatic rings. The van der Waals surface area contributed by atoms with Gasteiger partial charge in [0.25, 0.3) is 0 Å². The van der Waals surface area contributed by atoms with Gasteiger partial charge in [0, 0.05) is 39.0 Å². The van der Waals surface area contributed by atoms with Gasteiger partial charge in [-0.1, -0.05) is 18.2 Å². The Morgan fingerprint density at radius 3 is 2.53 bits per heavy atom. The number of benzene rings is 2. The first-order chi connectivity index (χ1) is 15.1. The molecule has 1 fully saturated rings. The number of thioether (sulfide) groups is 1. The lowest BCUT2D eigenvalue weighted by Gasteiger charge is -2.35. The molecule has 2 aromatic carbocycles. The molecule has 3 rings (SSSR count). The Balaban J connectivity index is 0.00000363. The van der Waals surface area contributed by atoms with Gasteiger partial charge in [0.1, 0.15) is 11.6 Å². The minimum atomic E-state index is -0.240. The molecule has 0 saturated carbocycles. The first-order valence-electron chi connectivity index (χ1n) is 10.4. The summed E-state index contributed by atoms with van der Waals surface area (Å²) < 4.78 is 33.0. The maximum absolute atomic E-state index is 13.9. The lowest BCUT2D eigenvalue weighted by atomic mass is 10.0. The molecule has 0 amide bonds. The monoisotopic (exact) mass is 576 g/mol. The highest BCUT2D eigenvalue weighted by molar-refractivity contribution is 14.0. The van der Waals surface area contributed by atoms with Gasteiger partial charge in [-0.25, -0.2) is 8.78 Å². The fourth-order valence-electron chi connectivity index (χ4n) is 3.71. The lowest BCUT2D eigenvalue weighted by Crippen LogP contribution is -2.46. The molecule has 1 atom stereocenters. The Bertz CT molecular complexity index is 881. The zero-order valence-electron chi connectivity index (χ0n) is 18.4. The molecule has 1 aliphatic heterocycles. The zero-order chi connectivity index (χ0) is 22.1. The van der Waals surface area contributed by atoms with Crippen molar-refractivity contribution in [2.45, 2.75) is 18.3 Å². The molecular formula is C23H31F2IN4OS. The number of nitrogens with zero attached hydrogens (tertiary/aromatic N) is 2. The largest absolute Gasteiger partial charge is 0.379 e. The Hall–Kier alpha value is -1.43. The molecule has 32 heavy (non-hydrogen) atoms. The van der Waals surface area contributed by atoms with Crippen molar-refractivity contribution in [3.63, 3.8) is 0 Å². The lowest BCUT2D eigenvalue weighted by molar-refractivity contribution is 0.0169. The maximum Gasteiger partial charge on any atom is 0.191 e. The van der Waals surface area contributed by atoms with Crippen LogP contribution in [-0.2, 0) is 17.0 Å². The van der Waals surface area contributed by atoms with Gasteiger partial charge in [0.05, 0.1) is 19.3 Å². The van der Waals surface area contributed by atoms with E-state index >= 15 is 0 Å². The number of nitrogens with one attached hydrogen (secondary N) is 2. The van der Waals surface area contributed by atoms with Crippen molar-refractivity contribution in [2.24, 2.45) is 4.99 Å². The van der Waals surface area contributed by atoms with Crippen molar-refractivity contribution in [2.75, 3.05) is 46.2 Å². The zero-order valence-corrected chi connectivity index (χ0v) is 21.6. The number of guanidine groups is 1. The van der Waals surface area contributed by atoms with Crippen LogP contribution >= 0.6 is 35.7 Å². The van der Waals surface area contributed by atoms with Crippen LogP contribution in [0.1, 0.15) is 22.7 Å². The second kappa shape index (κ2) is 14.0. The van der Waals surface area contributed by atoms with E-state index in [0.717, 1.165) is 35.5 Å². The van der Waals surface area contributed by atoms with Gasteiger partial charge >= 0.3 is 0 Å². The van der Waals surface area contributed by atoms with Crippen molar-refractivity contribution in [3.05, 3.63) is 70.8 Å². The molecular weight excluding hydrogens is 545 g/mol. The molecule has 5 nitrogen and oxygen atoms in total. The molecule has 0 bridgehead atoms. The Labute approximate surface area is 210 Å². The maximum atomic E-state index is 13.9. The van der Waals surface area contributed by atoms with E-state index in [4.69, 9.17) is 4.74 Å². The van der Waals surface area contributed by atoms with Crippen LogP contribution in [0, 0.1) is 11.6 Å². The first-order valence-corrected chi connectivity index (χ1v) is 11.8. The number of morpholine rings is 1. The van der Waals surface area contributed by atoms with Crippen LogP contribution in [0.15, 0.2) is 47.5 Å². The SMILES string of the molecule is CN=C(NCc1ccc(F)cc1CSC)NCC(c1cccc(F)c1)N1CCOCC1.I. The fraction of sp³-hybridized carbons (Fsp3) is 0.435. The highest BCUT2D eigenvalue weighted by Gasteiger charge is 2.23. The van der Waals surface area contributed by atoms with Gasteiger partial charge in [-0.3, -0.25) is 9.89 Å². The molecule has 0 spiro atoms. The molecule has 9 heteroatoms. The average Bonchev–Trinajstić information content (AvgIpc) is 2.78. The normalized spacial score (nSPS) is 15.7. The minimum Gasteiger partial charge on any atom is -0.379 e. The summed E-state index contributed by atoms with van der Waals surface area (Å²) in [7, 11) is 1.72. The molecule has 176 valence electrons. The smallest absolute Gasteiger partial charge is 0.191 e.